The number of nitrogens with one attached hydrogen (secondary N) is 1. The molecule has 1 fully saturated rings. The number of hydrogen-bond acceptors (Lipinski definition) is 6. The van der Waals surface area contributed by atoms with Crippen LogP contribution < -0.4 is 11.1 Å². The lowest BCUT2D eigenvalue weighted by Crippen LogP contribution is -2.32. The Hall–Kier alpha value is -2.82. The number of aliphatic imine (C=N–C) groups is 1. The van der Waals surface area contributed by atoms with E-state index in [-0.39, 0.29) is 23.4 Å². The number of carbonyl (C=O) groups excluding carboxylic acids is 1. The Kier molecular flexibility index (Phi) is 6.26. The molecule has 3 N–H and O–H groups in total. The Morgan fingerprint density at radius 2 is 2.14 bits per heavy atom. The molecule has 1 atom stereocenters. The fourth-order valence-corrected chi connectivity index (χ4v) is 4.53. The summed E-state index contributed by atoms with van der Waals surface area (Å²) in [6, 6.07) is 6.37. The summed E-state index contributed by atoms with van der Waals surface area (Å²) in [5.41, 5.74) is 7.07. The Balaban J connectivity index is 1.61. The van der Waals surface area contributed by atoms with Crippen LogP contribution in [0.25, 0.3) is 6.20 Å². The van der Waals surface area contributed by atoms with E-state index in [9.17, 15) is 13.2 Å². The molecular formula is C19H24N6O3S. The molecule has 2 heterocycles. The number of imidazole rings is 1. The maximum atomic E-state index is 12.6. The van der Waals surface area contributed by atoms with Crippen molar-refractivity contribution in [1.29, 1.82) is 0 Å². The zero-order chi connectivity index (χ0) is 21.0. The van der Waals surface area contributed by atoms with E-state index in [2.05, 4.69) is 22.0 Å². The molecule has 1 saturated heterocycles. The largest absolute Gasteiger partial charge is 0.348 e. The van der Waals surface area contributed by atoms with Gasteiger partial charge < -0.3 is 11.1 Å². The Labute approximate surface area is 170 Å². The van der Waals surface area contributed by atoms with Gasteiger partial charge in [0.05, 0.1) is 4.90 Å². The fourth-order valence-electron chi connectivity index (χ4n) is 3.02. The molecule has 0 radical (unpaired) electrons. The number of hydrogen-bond donors (Lipinski definition) is 2. The van der Waals surface area contributed by atoms with Crippen LogP contribution in [-0.4, -0.2) is 54.0 Å². The molecule has 9 nitrogen and oxygen atoms in total. The van der Waals surface area contributed by atoms with Gasteiger partial charge in [0.15, 0.2) is 0 Å². The van der Waals surface area contributed by atoms with Gasteiger partial charge in [-0.3, -0.25) is 9.36 Å². The average molecular weight is 417 g/mol. The normalized spacial score (nSPS) is 18.0. The van der Waals surface area contributed by atoms with Crippen molar-refractivity contribution in [3.05, 3.63) is 47.8 Å². The molecule has 29 heavy (non-hydrogen) atoms. The van der Waals surface area contributed by atoms with Crippen LogP contribution in [0.4, 0.5) is 5.95 Å². The molecule has 1 unspecified atom stereocenters. The molecule has 1 aromatic heterocycles. The Bertz CT molecular complexity index is 1030. The number of nitrogens with two attached hydrogens (primary N) is 1. The first-order valence-electron chi connectivity index (χ1n) is 9.12. The molecule has 0 spiro atoms. The molecule has 1 aliphatic heterocycles. The third kappa shape index (κ3) is 4.78. The van der Waals surface area contributed by atoms with Gasteiger partial charge in [-0.1, -0.05) is 12.1 Å². The van der Waals surface area contributed by atoms with Crippen LogP contribution in [0.5, 0.6) is 0 Å². The van der Waals surface area contributed by atoms with Crippen LogP contribution in [0, 0.1) is 0 Å². The van der Waals surface area contributed by atoms with E-state index in [1.165, 1.54) is 4.31 Å². The number of amides is 1. The van der Waals surface area contributed by atoms with Gasteiger partial charge in [-0.2, -0.15) is 4.31 Å². The summed E-state index contributed by atoms with van der Waals surface area (Å²) in [6.45, 7) is 6.16. The minimum atomic E-state index is -3.53. The zero-order valence-electron chi connectivity index (χ0n) is 16.2. The SMILES string of the molecule is C=Nc1nccn1/C=C(\C)C(=O)NCc1ccc(S(=O)(=O)N2CCC(N)C2)cc1. The first kappa shape index (κ1) is 20.9. The van der Waals surface area contributed by atoms with Gasteiger partial charge in [-0.15, -0.1) is 0 Å². The number of rotatable bonds is 7. The fraction of sp³-hybridized carbons (Fsp3) is 0.316. The van der Waals surface area contributed by atoms with Crippen molar-refractivity contribution in [1.82, 2.24) is 19.2 Å². The Morgan fingerprint density at radius 1 is 1.41 bits per heavy atom. The van der Waals surface area contributed by atoms with Gasteiger partial charge in [0, 0.05) is 49.8 Å². The van der Waals surface area contributed by atoms with Crippen molar-refractivity contribution in [3.8, 4) is 0 Å². The van der Waals surface area contributed by atoms with Gasteiger partial charge in [0.25, 0.3) is 0 Å². The highest BCUT2D eigenvalue weighted by Gasteiger charge is 2.30. The second-order valence-electron chi connectivity index (χ2n) is 6.84. The summed E-state index contributed by atoms with van der Waals surface area (Å²) in [7, 11) is -3.53. The van der Waals surface area contributed by atoms with Crippen molar-refractivity contribution >= 4 is 34.8 Å². The zero-order valence-corrected chi connectivity index (χ0v) is 17.0. The molecular weight excluding hydrogens is 392 g/mol. The number of benzene rings is 1. The van der Waals surface area contributed by atoms with E-state index in [4.69, 9.17) is 5.73 Å². The molecule has 0 aliphatic carbocycles. The number of carbonyl (C=O) groups is 1. The van der Waals surface area contributed by atoms with E-state index >= 15 is 0 Å². The van der Waals surface area contributed by atoms with Gasteiger partial charge in [0.2, 0.25) is 21.9 Å². The molecule has 0 saturated carbocycles. The summed E-state index contributed by atoms with van der Waals surface area (Å²) in [5.74, 6) is 0.143. The van der Waals surface area contributed by atoms with Crippen molar-refractivity contribution in [2.45, 2.75) is 30.8 Å². The van der Waals surface area contributed by atoms with Crippen molar-refractivity contribution in [2.75, 3.05) is 13.1 Å². The minimum absolute atomic E-state index is 0.115. The van der Waals surface area contributed by atoms with E-state index in [0.717, 1.165) is 5.56 Å². The summed E-state index contributed by atoms with van der Waals surface area (Å²) in [5, 5.41) is 2.80. The van der Waals surface area contributed by atoms with Gasteiger partial charge in [-0.05, 0) is 37.8 Å². The second kappa shape index (κ2) is 8.68. The lowest BCUT2D eigenvalue weighted by molar-refractivity contribution is -0.117. The quantitative estimate of drug-likeness (QED) is 0.517. The third-order valence-corrected chi connectivity index (χ3v) is 6.56. The molecule has 0 bridgehead atoms. The van der Waals surface area contributed by atoms with Crippen LogP contribution in [0.15, 0.2) is 52.1 Å². The van der Waals surface area contributed by atoms with Crippen LogP contribution in [0.1, 0.15) is 18.9 Å². The maximum Gasteiger partial charge on any atom is 0.248 e. The van der Waals surface area contributed by atoms with E-state index in [1.54, 1.807) is 54.3 Å². The lowest BCUT2D eigenvalue weighted by Gasteiger charge is -2.16. The predicted octanol–water partition coefficient (Wildman–Crippen LogP) is 1.11. The molecule has 3 rings (SSSR count). The van der Waals surface area contributed by atoms with Gasteiger partial charge in [0.1, 0.15) is 0 Å². The molecule has 1 aliphatic rings. The van der Waals surface area contributed by atoms with Crippen molar-refractivity contribution in [2.24, 2.45) is 10.7 Å². The highest BCUT2D eigenvalue weighted by Crippen LogP contribution is 2.21. The summed E-state index contributed by atoms with van der Waals surface area (Å²) in [4.78, 5) is 20.3. The van der Waals surface area contributed by atoms with Crippen LogP contribution in [0.3, 0.4) is 0 Å². The van der Waals surface area contributed by atoms with Crippen LogP contribution in [-0.2, 0) is 21.4 Å². The van der Waals surface area contributed by atoms with Crippen LogP contribution >= 0.6 is 0 Å². The number of nitrogens with zero attached hydrogens (tertiary/aromatic N) is 4. The highest BCUT2D eigenvalue weighted by atomic mass is 32.2. The van der Waals surface area contributed by atoms with Gasteiger partial charge >= 0.3 is 0 Å². The van der Waals surface area contributed by atoms with Crippen molar-refractivity contribution < 1.29 is 13.2 Å². The molecule has 10 heteroatoms. The molecule has 1 aromatic carbocycles. The topological polar surface area (TPSA) is 123 Å². The average Bonchev–Trinajstić information content (AvgIpc) is 3.35. The molecule has 2 aromatic rings. The number of aromatic nitrogens is 2. The Morgan fingerprint density at radius 3 is 2.76 bits per heavy atom. The van der Waals surface area contributed by atoms with E-state index in [1.807, 2.05) is 0 Å². The summed E-state index contributed by atoms with van der Waals surface area (Å²) in [6.07, 6.45) is 5.52. The van der Waals surface area contributed by atoms with E-state index in [0.29, 0.717) is 31.0 Å². The summed E-state index contributed by atoms with van der Waals surface area (Å²) >= 11 is 0. The highest BCUT2D eigenvalue weighted by molar-refractivity contribution is 7.89. The maximum absolute atomic E-state index is 12.6. The van der Waals surface area contributed by atoms with E-state index < -0.39 is 10.0 Å². The van der Waals surface area contributed by atoms with Crippen molar-refractivity contribution in [3.63, 3.8) is 0 Å². The monoisotopic (exact) mass is 416 g/mol. The first-order valence-corrected chi connectivity index (χ1v) is 10.6. The standard InChI is InChI=1S/C19H24N6O3S/c1-14(12-24-10-8-22-19(24)21-2)18(26)23-11-15-3-5-17(6-4-15)29(27,28)25-9-7-16(20)13-25/h3-6,8,10,12,16H,2,7,9,11,13,20H2,1H3,(H,23,26)/b14-12+. The van der Waals surface area contributed by atoms with Gasteiger partial charge in [-0.25, -0.2) is 18.4 Å². The smallest absolute Gasteiger partial charge is 0.248 e. The molecule has 154 valence electrons. The summed E-state index contributed by atoms with van der Waals surface area (Å²) < 4.78 is 28.3. The number of sulfonamides is 1. The third-order valence-electron chi connectivity index (χ3n) is 4.68. The lowest BCUT2D eigenvalue weighted by atomic mass is 10.2. The minimum Gasteiger partial charge on any atom is -0.348 e. The first-order chi connectivity index (χ1) is 13.8. The second-order valence-corrected chi connectivity index (χ2v) is 8.78. The molecule has 1 amide bonds. The van der Waals surface area contributed by atoms with Crippen LogP contribution in [0.2, 0.25) is 0 Å². The predicted molar refractivity (Wildman–Crippen MR) is 111 cm³/mol.